The number of esters is 1. The minimum absolute atomic E-state index is 0.334. The second kappa shape index (κ2) is 5.68. The normalized spacial score (nSPS) is 11.2. The van der Waals surface area contributed by atoms with Crippen LogP contribution >= 0.6 is 0 Å². The molecule has 0 atom stereocenters. The number of rotatable bonds is 5. The first-order valence-corrected chi connectivity index (χ1v) is 5.86. The van der Waals surface area contributed by atoms with Crippen LogP contribution in [-0.2, 0) is 4.74 Å². The summed E-state index contributed by atoms with van der Waals surface area (Å²) in [5, 5.41) is 0. The third-order valence-electron chi connectivity index (χ3n) is 3.12. The van der Waals surface area contributed by atoms with E-state index in [9.17, 15) is 4.79 Å². The van der Waals surface area contributed by atoms with Crippen LogP contribution in [0.25, 0.3) is 0 Å². The van der Waals surface area contributed by atoms with Crippen LogP contribution in [0.1, 0.15) is 37.0 Å². The molecule has 0 amide bonds. The summed E-state index contributed by atoms with van der Waals surface area (Å²) in [7, 11) is 0. The summed E-state index contributed by atoms with van der Waals surface area (Å²) in [6, 6.07) is 6.67. The third-order valence-corrected chi connectivity index (χ3v) is 3.12. The fourth-order valence-corrected chi connectivity index (χ4v) is 1.60. The molecular weight excluding hydrogens is 216 g/mol. The molecule has 0 radical (unpaired) electrons. The van der Waals surface area contributed by atoms with Crippen molar-refractivity contribution in [1.82, 2.24) is 0 Å². The molecule has 0 aliphatic carbocycles. The van der Waals surface area contributed by atoms with E-state index in [4.69, 9.17) is 16.2 Å². The van der Waals surface area contributed by atoms with Crippen molar-refractivity contribution < 1.29 is 9.53 Å². The molecule has 0 aliphatic rings. The minimum Gasteiger partial charge on any atom is -0.454 e. The lowest BCUT2D eigenvalue weighted by Crippen LogP contribution is -2.41. The summed E-state index contributed by atoms with van der Waals surface area (Å²) < 4.78 is 5.51. The highest BCUT2D eigenvalue weighted by Crippen LogP contribution is 2.21. The maximum absolute atomic E-state index is 11.9. The van der Waals surface area contributed by atoms with Gasteiger partial charge in [0, 0.05) is 12.2 Å². The number of nitrogens with two attached hydrogens (primary N) is 2. The van der Waals surface area contributed by atoms with Gasteiger partial charge in [0.2, 0.25) is 0 Å². The second-order valence-corrected chi connectivity index (χ2v) is 4.11. The van der Waals surface area contributed by atoms with Gasteiger partial charge in [0.1, 0.15) is 5.60 Å². The van der Waals surface area contributed by atoms with Crippen molar-refractivity contribution in [3.05, 3.63) is 29.8 Å². The van der Waals surface area contributed by atoms with Crippen LogP contribution in [0.5, 0.6) is 0 Å². The first-order chi connectivity index (χ1) is 8.06. The zero-order valence-corrected chi connectivity index (χ0v) is 10.4. The molecule has 0 unspecified atom stereocenters. The maximum atomic E-state index is 11.9. The van der Waals surface area contributed by atoms with Crippen molar-refractivity contribution in [3.8, 4) is 0 Å². The van der Waals surface area contributed by atoms with Crippen LogP contribution in [0.3, 0.4) is 0 Å². The van der Waals surface area contributed by atoms with Gasteiger partial charge in [0.15, 0.2) is 0 Å². The van der Waals surface area contributed by atoms with Crippen LogP contribution in [0.4, 0.5) is 5.69 Å². The highest BCUT2D eigenvalue weighted by atomic mass is 16.6. The van der Waals surface area contributed by atoms with E-state index in [2.05, 4.69) is 0 Å². The molecule has 0 saturated heterocycles. The van der Waals surface area contributed by atoms with Crippen LogP contribution in [0.2, 0.25) is 0 Å². The summed E-state index contributed by atoms with van der Waals surface area (Å²) >= 11 is 0. The predicted molar refractivity (Wildman–Crippen MR) is 68.6 cm³/mol. The van der Waals surface area contributed by atoms with Crippen molar-refractivity contribution in [2.75, 3.05) is 12.3 Å². The van der Waals surface area contributed by atoms with E-state index in [1.807, 2.05) is 13.8 Å². The maximum Gasteiger partial charge on any atom is 0.338 e. The van der Waals surface area contributed by atoms with Crippen LogP contribution in [0, 0.1) is 0 Å². The van der Waals surface area contributed by atoms with E-state index in [1.165, 1.54) is 0 Å². The fourth-order valence-electron chi connectivity index (χ4n) is 1.60. The van der Waals surface area contributed by atoms with E-state index in [-0.39, 0.29) is 5.97 Å². The fraction of sp³-hybridized carbons (Fsp3) is 0.462. The van der Waals surface area contributed by atoms with Gasteiger partial charge in [-0.25, -0.2) is 4.79 Å². The molecule has 94 valence electrons. The lowest BCUT2D eigenvalue weighted by molar-refractivity contribution is -0.0181. The number of carbonyl (C=O) groups excluding carboxylic acids is 1. The number of benzene rings is 1. The first kappa shape index (κ1) is 13.5. The number of nitrogen functional groups attached to an aromatic ring is 1. The Hall–Kier alpha value is -1.55. The highest BCUT2D eigenvalue weighted by molar-refractivity contribution is 5.90. The lowest BCUT2D eigenvalue weighted by atomic mass is 9.97. The molecule has 0 heterocycles. The largest absolute Gasteiger partial charge is 0.454 e. The van der Waals surface area contributed by atoms with Gasteiger partial charge >= 0.3 is 5.97 Å². The molecule has 0 bridgehead atoms. The van der Waals surface area contributed by atoms with E-state index in [0.29, 0.717) is 30.6 Å². The van der Waals surface area contributed by atoms with E-state index in [0.717, 1.165) is 0 Å². The molecule has 1 aromatic rings. The van der Waals surface area contributed by atoms with Crippen LogP contribution < -0.4 is 11.5 Å². The Kier molecular flexibility index (Phi) is 4.52. The minimum atomic E-state index is -0.557. The first-order valence-electron chi connectivity index (χ1n) is 5.86. The molecule has 1 rings (SSSR count). The molecule has 17 heavy (non-hydrogen) atoms. The quantitative estimate of drug-likeness (QED) is 0.605. The van der Waals surface area contributed by atoms with Gasteiger partial charge in [-0.2, -0.15) is 0 Å². The SMILES string of the molecule is CCC(CC)(CN)OC(=O)c1ccc(N)cc1. The Balaban J connectivity index is 2.81. The zero-order chi connectivity index (χ0) is 12.9. The number of hydrogen-bond acceptors (Lipinski definition) is 4. The smallest absolute Gasteiger partial charge is 0.338 e. The number of carbonyl (C=O) groups is 1. The van der Waals surface area contributed by atoms with Gasteiger partial charge in [-0.3, -0.25) is 0 Å². The number of hydrogen-bond donors (Lipinski definition) is 2. The summed E-state index contributed by atoms with van der Waals surface area (Å²) in [5.74, 6) is -0.348. The van der Waals surface area contributed by atoms with E-state index < -0.39 is 5.60 Å². The van der Waals surface area contributed by atoms with E-state index >= 15 is 0 Å². The van der Waals surface area contributed by atoms with Gasteiger partial charge in [-0.1, -0.05) is 13.8 Å². The van der Waals surface area contributed by atoms with Crippen LogP contribution in [0.15, 0.2) is 24.3 Å². The van der Waals surface area contributed by atoms with Crippen molar-refractivity contribution >= 4 is 11.7 Å². The van der Waals surface area contributed by atoms with Gasteiger partial charge in [-0.05, 0) is 37.1 Å². The Morgan fingerprint density at radius 1 is 1.24 bits per heavy atom. The molecule has 4 heteroatoms. The monoisotopic (exact) mass is 236 g/mol. The third kappa shape index (κ3) is 3.20. The Bertz CT molecular complexity index is 361. The molecular formula is C13H20N2O2. The van der Waals surface area contributed by atoms with Crippen molar-refractivity contribution in [2.24, 2.45) is 5.73 Å². The molecule has 0 saturated carbocycles. The predicted octanol–water partition coefficient (Wildman–Crippen LogP) is 1.94. The zero-order valence-electron chi connectivity index (χ0n) is 10.4. The molecule has 0 aromatic heterocycles. The summed E-state index contributed by atoms with van der Waals surface area (Å²) in [6.45, 7) is 4.26. The van der Waals surface area contributed by atoms with E-state index in [1.54, 1.807) is 24.3 Å². The number of ether oxygens (including phenoxy) is 1. The van der Waals surface area contributed by atoms with Crippen molar-refractivity contribution in [3.63, 3.8) is 0 Å². The average molecular weight is 236 g/mol. The Morgan fingerprint density at radius 2 is 1.76 bits per heavy atom. The highest BCUT2D eigenvalue weighted by Gasteiger charge is 2.29. The molecule has 0 aliphatic heterocycles. The summed E-state index contributed by atoms with van der Waals surface area (Å²) in [5.41, 5.74) is 11.8. The summed E-state index contributed by atoms with van der Waals surface area (Å²) in [4.78, 5) is 11.9. The van der Waals surface area contributed by atoms with Gasteiger partial charge in [0.25, 0.3) is 0 Å². The van der Waals surface area contributed by atoms with Gasteiger partial charge in [0.05, 0.1) is 5.56 Å². The Labute approximate surface area is 102 Å². The number of anilines is 1. The molecule has 1 aromatic carbocycles. The lowest BCUT2D eigenvalue weighted by Gasteiger charge is -2.30. The Morgan fingerprint density at radius 3 is 2.18 bits per heavy atom. The summed E-state index contributed by atoms with van der Waals surface area (Å²) in [6.07, 6.45) is 1.42. The molecule has 0 spiro atoms. The topological polar surface area (TPSA) is 78.3 Å². The van der Waals surface area contributed by atoms with Gasteiger partial charge < -0.3 is 16.2 Å². The standard InChI is InChI=1S/C13H20N2O2/c1-3-13(4-2,9-14)17-12(16)10-5-7-11(15)8-6-10/h5-8H,3-4,9,14-15H2,1-2H3. The molecule has 0 fully saturated rings. The van der Waals surface area contributed by atoms with Crippen molar-refractivity contribution in [2.45, 2.75) is 32.3 Å². The second-order valence-electron chi connectivity index (χ2n) is 4.11. The average Bonchev–Trinajstić information content (AvgIpc) is 2.37. The molecule has 4 N–H and O–H groups in total. The van der Waals surface area contributed by atoms with Gasteiger partial charge in [-0.15, -0.1) is 0 Å². The van der Waals surface area contributed by atoms with Crippen molar-refractivity contribution in [1.29, 1.82) is 0 Å². The van der Waals surface area contributed by atoms with Crippen LogP contribution in [-0.4, -0.2) is 18.1 Å². The molecule has 4 nitrogen and oxygen atoms in total.